The van der Waals surface area contributed by atoms with Crippen molar-refractivity contribution in [3.63, 3.8) is 0 Å². The predicted molar refractivity (Wildman–Crippen MR) is 78.3 cm³/mol. The molecule has 7 heteroatoms. The molecule has 1 aliphatic rings. The van der Waals surface area contributed by atoms with E-state index in [1.165, 1.54) is 12.1 Å². The molecular weight excluding hydrogens is 271 g/mol. The van der Waals surface area contributed by atoms with Crippen molar-refractivity contribution in [1.82, 2.24) is 0 Å². The van der Waals surface area contributed by atoms with E-state index in [4.69, 9.17) is 14.6 Å². The molecule has 0 aromatic heterocycles. The minimum Gasteiger partial charge on any atom is -0.399 e. The minimum absolute atomic E-state index is 0.137. The highest BCUT2D eigenvalue weighted by molar-refractivity contribution is 6.62. The van der Waals surface area contributed by atoms with Gasteiger partial charge in [0.05, 0.1) is 27.8 Å². The third-order valence-electron chi connectivity index (χ3n) is 4.27. The van der Waals surface area contributed by atoms with Gasteiger partial charge in [0.2, 0.25) is 0 Å². The van der Waals surface area contributed by atoms with Crippen LogP contribution >= 0.6 is 0 Å². The van der Waals surface area contributed by atoms with Crippen LogP contribution in [-0.2, 0) is 9.31 Å². The minimum atomic E-state index is -0.720. The lowest BCUT2D eigenvalue weighted by Crippen LogP contribution is -2.41. The van der Waals surface area contributed by atoms with E-state index in [0.29, 0.717) is 11.0 Å². The van der Waals surface area contributed by atoms with Crippen LogP contribution in [0.15, 0.2) is 12.1 Å². The van der Waals surface area contributed by atoms with Crippen LogP contribution < -0.4 is 5.46 Å². The van der Waals surface area contributed by atoms with Crippen LogP contribution in [0.3, 0.4) is 0 Å². The maximum absolute atomic E-state index is 11.0. The topological polar surface area (TPSA) is 85.4 Å². The maximum Gasteiger partial charge on any atom is 0.495 e. The van der Waals surface area contributed by atoms with Crippen molar-refractivity contribution in [3.8, 4) is 6.07 Å². The third-order valence-corrected chi connectivity index (χ3v) is 4.27. The smallest absolute Gasteiger partial charge is 0.399 e. The SMILES string of the molecule is Cc1c(C#N)cc([N+](=O)[O-])cc1B1OC(C)(C)C(C)(C)O1. The summed E-state index contributed by atoms with van der Waals surface area (Å²) in [5.74, 6) is 0. The molecule has 0 unspecified atom stereocenters. The summed E-state index contributed by atoms with van der Waals surface area (Å²) in [5, 5.41) is 20.2. The van der Waals surface area contributed by atoms with Crippen molar-refractivity contribution in [2.75, 3.05) is 0 Å². The maximum atomic E-state index is 11.0. The van der Waals surface area contributed by atoms with Gasteiger partial charge in [-0.1, -0.05) is 0 Å². The van der Waals surface area contributed by atoms with Gasteiger partial charge in [0.15, 0.2) is 0 Å². The molecule has 1 aromatic carbocycles. The molecular formula is C14H17BN2O4. The molecule has 0 amide bonds. The molecule has 0 aliphatic carbocycles. The van der Waals surface area contributed by atoms with Crippen molar-refractivity contribution in [2.45, 2.75) is 45.8 Å². The normalized spacial score (nSPS) is 19.3. The van der Waals surface area contributed by atoms with E-state index in [0.717, 1.165) is 0 Å². The van der Waals surface area contributed by atoms with Crippen LogP contribution in [0.1, 0.15) is 38.8 Å². The number of hydrogen-bond donors (Lipinski definition) is 0. The Kier molecular flexibility index (Phi) is 3.56. The zero-order valence-electron chi connectivity index (χ0n) is 12.8. The van der Waals surface area contributed by atoms with Crippen LogP contribution in [-0.4, -0.2) is 23.2 Å². The fourth-order valence-electron chi connectivity index (χ4n) is 2.16. The average molecular weight is 288 g/mol. The Morgan fingerprint density at radius 2 is 1.76 bits per heavy atom. The van der Waals surface area contributed by atoms with Crippen molar-refractivity contribution in [3.05, 3.63) is 33.4 Å². The molecule has 1 aliphatic heterocycles. The summed E-state index contributed by atoms with van der Waals surface area (Å²) in [6.45, 7) is 9.37. The van der Waals surface area contributed by atoms with Crippen LogP contribution in [0.5, 0.6) is 0 Å². The Labute approximate surface area is 124 Å². The van der Waals surface area contributed by atoms with E-state index in [1.807, 2.05) is 33.8 Å². The second kappa shape index (κ2) is 4.83. The molecule has 0 radical (unpaired) electrons. The molecule has 6 nitrogen and oxygen atoms in total. The zero-order chi connectivity index (χ0) is 16.0. The number of hydrogen-bond acceptors (Lipinski definition) is 5. The molecule has 2 rings (SSSR count). The first-order chi connectivity index (χ1) is 9.59. The Balaban J connectivity index is 2.53. The molecule has 0 N–H and O–H groups in total. The molecule has 1 fully saturated rings. The van der Waals surface area contributed by atoms with Gasteiger partial charge in [0, 0.05) is 12.1 Å². The van der Waals surface area contributed by atoms with Gasteiger partial charge in [-0.25, -0.2) is 0 Å². The van der Waals surface area contributed by atoms with Crippen molar-refractivity contribution < 1.29 is 14.2 Å². The van der Waals surface area contributed by atoms with Crippen LogP contribution in [0.25, 0.3) is 0 Å². The molecule has 0 bridgehead atoms. The van der Waals surface area contributed by atoms with Crippen molar-refractivity contribution >= 4 is 18.3 Å². The molecule has 0 spiro atoms. The Morgan fingerprint density at radius 3 is 2.19 bits per heavy atom. The van der Waals surface area contributed by atoms with Gasteiger partial charge < -0.3 is 9.31 Å². The lowest BCUT2D eigenvalue weighted by molar-refractivity contribution is -0.384. The largest absolute Gasteiger partial charge is 0.495 e. The summed E-state index contributed by atoms with van der Waals surface area (Å²) in [7, 11) is -0.720. The number of benzene rings is 1. The quantitative estimate of drug-likeness (QED) is 0.472. The second-order valence-electron chi connectivity index (χ2n) is 6.16. The number of nitro groups is 1. The van der Waals surface area contributed by atoms with E-state index in [-0.39, 0.29) is 11.3 Å². The standard InChI is InChI=1S/C14H17BN2O4/c1-9-10(8-16)6-11(17(18)19)7-12(9)15-20-13(2,3)14(4,5)21-15/h6-7H,1-5H3. The van der Waals surface area contributed by atoms with Gasteiger partial charge >= 0.3 is 7.12 Å². The van der Waals surface area contributed by atoms with Crippen molar-refractivity contribution in [1.29, 1.82) is 5.26 Å². The fourth-order valence-corrected chi connectivity index (χ4v) is 2.16. The van der Waals surface area contributed by atoms with Gasteiger partial charge in [-0.3, -0.25) is 10.1 Å². The number of nitrogens with zero attached hydrogens (tertiary/aromatic N) is 2. The van der Waals surface area contributed by atoms with Gasteiger partial charge in [-0.15, -0.1) is 0 Å². The van der Waals surface area contributed by atoms with Crippen LogP contribution in [0, 0.1) is 28.4 Å². The molecule has 0 saturated carbocycles. The second-order valence-corrected chi connectivity index (χ2v) is 6.16. The highest BCUT2D eigenvalue weighted by atomic mass is 16.7. The first-order valence-corrected chi connectivity index (χ1v) is 6.64. The van der Waals surface area contributed by atoms with Crippen LogP contribution in [0.4, 0.5) is 5.69 Å². The number of nitro benzene ring substituents is 1. The van der Waals surface area contributed by atoms with Crippen molar-refractivity contribution in [2.24, 2.45) is 0 Å². The van der Waals surface area contributed by atoms with E-state index >= 15 is 0 Å². The average Bonchev–Trinajstić information content (AvgIpc) is 2.58. The molecule has 110 valence electrons. The third kappa shape index (κ3) is 2.52. The Bertz CT molecular complexity index is 633. The number of nitriles is 1. The Morgan fingerprint density at radius 1 is 1.24 bits per heavy atom. The molecule has 1 heterocycles. The first kappa shape index (κ1) is 15.5. The summed E-state index contributed by atoms with van der Waals surface area (Å²) in [5.41, 5.74) is 0.208. The molecule has 1 aromatic rings. The highest BCUT2D eigenvalue weighted by Gasteiger charge is 2.52. The summed E-state index contributed by atoms with van der Waals surface area (Å²) in [4.78, 5) is 10.5. The lowest BCUT2D eigenvalue weighted by atomic mass is 9.75. The fraction of sp³-hybridized carbons (Fsp3) is 0.500. The lowest BCUT2D eigenvalue weighted by Gasteiger charge is -2.32. The molecule has 21 heavy (non-hydrogen) atoms. The van der Waals surface area contributed by atoms with Gasteiger partial charge in [-0.2, -0.15) is 5.26 Å². The predicted octanol–water partition coefficient (Wildman–Crippen LogP) is 2.07. The number of rotatable bonds is 2. The van der Waals surface area contributed by atoms with E-state index in [9.17, 15) is 10.1 Å². The van der Waals surface area contributed by atoms with Gasteiger partial charge in [0.25, 0.3) is 5.69 Å². The first-order valence-electron chi connectivity index (χ1n) is 6.64. The number of non-ortho nitro benzene ring substituents is 1. The van der Waals surface area contributed by atoms with E-state index in [2.05, 4.69) is 0 Å². The summed E-state index contributed by atoms with van der Waals surface area (Å²) >= 11 is 0. The molecule has 1 saturated heterocycles. The highest BCUT2D eigenvalue weighted by Crippen LogP contribution is 2.37. The van der Waals surface area contributed by atoms with E-state index in [1.54, 1.807) is 6.92 Å². The van der Waals surface area contributed by atoms with Gasteiger partial charge in [-0.05, 0) is 45.6 Å². The zero-order valence-corrected chi connectivity index (χ0v) is 12.8. The van der Waals surface area contributed by atoms with Crippen LogP contribution in [0.2, 0.25) is 0 Å². The monoisotopic (exact) mass is 288 g/mol. The van der Waals surface area contributed by atoms with E-state index < -0.39 is 23.2 Å². The summed E-state index contributed by atoms with van der Waals surface area (Å²) in [6, 6.07) is 4.66. The molecule has 0 atom stereocenters. The van der Waals surface area contributed by atoms with Gasteiger partial charge in [0.1, 0.15) is 0 Å². The summed E-state index contributed by atoms with van der Waals surface area (Å²) < 4.78 is 11.8. The summed E-state index contributed by atoms with van der Waals surface area (Å²) in [6.07, 6.45) is 0. The Hall–Kier alpha value is -1.91.